The van der Waals surface area contributed by atoms with Crippen LogP contribution in [0.25, 0.3) is 0 Å². The zero-order chi connectivity index (χ0) is 23.2. The smallest absolute Gasteiger partial charge is 0.162 e. The fourth-order valence-electron chi connectivity index (χ4n) is 4.63. The highest BCUT2D eigenvalue weighted by Gasteiger charge is 2.44. The molecule has 1 unspecified atom stereocenters. The first kappa shape index (κ1) is 21.8. The van der Waals surface area contributed by atoms with Crippen LogP contribution >= 0.6 is 11.6 Å². The van der Waals surface area contributed by atoms with E-state index in [1.165, 1.54) is 13.2 Å². The molecule has 2 aliphatic rings. The maximum atomic E-state index is 13.5. The number of anilines is 1. The average Bonchev–Trinajstić information content (AvgIpc) is 2.72. The van der Waals surface area contributed by atoms with Crippen molar-refractivity contribution in [3.8, 4) is 17.6 Å². The Hall–Kier alpha value is -3.43. The maximum absolute atomic E-state index is 13.5. The minimum atomic E-state index is -0.650. The minimum Gasteiger partial charge on any atom is -0.504 e. The van der Waals surface area contributed by atoms with Crippen LogP contribution in [0.15, 0.2) is 65.1 Å². The second-order valence-corrected chi connectivity index (χ2v) is 9.33. The van der Waals surface area contributed by atoms with Gasteiger partial charge in [0.2, 0.25) is 0 Å². The number of aromatic hydroxyl groups is 1. The molecule has 0 saturated carbocycles. The standard InChI is InChI=1S/C25H24ClN3O3/c1-25(2)11-18-23(20(31)12-25)22(14-7-8-19(30)21(9-14)32-3)17(13-27)24(28)29(18)16-6-4-5-15(26)10-16/h4-10,22,30H,11-12,28H2,1-3H3. The Balaban J connectivity index is 2.01. The van der Waals surface area contributed by atoms with Crippen LogP contribution in [0, 0.1) is 16.7 Å². The number of carbonyl (C=O) groups excluding carboxylic acids is 1. The molecular weight excluding hydrogens is 426 g/mol. The number of nitrogens with two attached hydrogens (primary N) is 1. The zero-order valence-electron chi connectivity index (χ0n) is 18.1. The molecule has 3 N–H and O–H groups in total. The number of benzene rings is 2. The van der Waals surface area contributed by atoms with Gasteiger partial charge in [-0.25, -0.2) is 0 Å². The van der Waals surface area contributed by atoms with Gasteiger partial charge in [-0.15, -0.1) is 0 Å². The second kappa shape index (κ2) is 7.92. The van der Waals surface area contributed by atoms with Crippen LogP contribution in [-0.4, -0.2) is 18.0 Å². The predicted octanol–water partition coefficient (Wildman–Crippen LogP) is 5.00. The molecule has 1 aliphatic heterocycles. The lowest BCUT2D eigenvalue weighted by Crippen LogP contribution is -2.42. The number of ketones is 1. The van der Waals surface area contributed by atoms with E-state index in [0.717, 1.165) is 5.70 Å². The molecule has 1 aliphatic carbocycles. The number of allylic oxidation sites excluding steroid dienone is 3. The van der Waals surface area contributed by atoms with Gasteiger partial charge in [-0.3, -0.25) is 9.69 Å². The number of carbonyl (C=O) groups is 1. The molecule has 0 aromatic heterocycles. The lowest BCUT2D eigenvalue weighted by molar-refractivity contribution is -0.118. The van der Waals surface area contributed by atoms with Crippen LogP contribution < -0.4 is 15.4 Å². The first-order valence-corrected chi connectivity index (χ1v) is 10.6. The first-order chi connectivity index (χ1) is 15.2. The number of halogens is 1. The monoisotopic (exact) mass is 449 g/mol. The summed E-state index contributed by atoms with van der Waals surface area (Å²) in [6.07, 6.45) is 0.964. The molecule has 0 saturated heterocycles. The topological polar surface area (TPSA) is 99.6 Å². The molecule has 0 amide bonds. The van der Waals surface area contributed by atoms with Crippen molar-refractivity contribution in [2.75, 3.05) is 12.0 Å². The van der Waals surface area contributed by atoms with Gasteiger partial charge >= 0.3 is 0 Å². The average molecular weight is 450 g/mol. The number of methoxy groups -OCH3 is 1. The van der Waals surface area contributed by atoms with E-state index in [9.17, 15) is 15.2 Å². The maximum Gasteiger partial charge on any atom is 0.162 e. The van der Waals surface area contributed by atoms with Crippen LogP contribution in [0.2, 0.25) is 5.02 Å². The molecule has 1 heterocycles. The van der Waals surface area contributed by atoms with Crippen molar-refractivity contribution in [1.82, 2.24) is 0 Å². The number of ether oxygens (including phenoxy) is 1. The van der Waals surface area contributed by atoms with Crippen molar-refractivity contribution in [2.24, 2.45) is 11.1 Å². The van der Waals surface area contributed by atoms with Gasteiger partial charge in [0.1, 0.15) is 5.82 Å². The lowest BCUT2D eigenvalue weighted by atomic mass is 9.68. The number of hydrogen-bond acceptors (Lipinski definition) is 6. The van der Waals surface area contributed by atoms with E-state index in [0.29, 0.717) is 34.7 Å². The van der Waals surface area contributed by atoms with Crippen molar-refractivity contribution in [3.05, 3.63) is 75.7 Å². The third-order valence-corrected chi connectivity index (χ3v) is 6.22. The predicted molar refractivity (Wildman–Crippen MR) is 123 cm³/mol. The molecule has 164 valence electrons. The molecule has 4 rings (SSSR count). The van der Waals surface area contributed by atoms with Crippen molar-refractivity contribution in [2.45, 2.75) is 32.6 Å². The Morgan fingerprint density at radius 3 is 2.66 bits per heavy atom. The van der Waals surface area contributed by atoms with E-state index in [1.807, 2.05) is 26.0 Å². The Kier molecular flexibility index (Phi) is 5.39. The SMILES string of the molecule is COc1cc(C2C(C#N)=C(N)N(c3cccc(Cl)c3)C3=C2C(=O)CC(C)(C)C3)ccc1O. The minimum absolute atomic E-state index is 0.0200. The summed E-state index contributed by atoms with van der Waals surface area (Å²) in [6.45, 7) is 4.09. The zero-order valence-corrected chi connectivity index (χ0v) is 18.9. The number of rotatable bonds is 3. The number of phenols is 1. The van der Waals surface area contributed by atoms with Gasteiger partial charge in [0.25, 0.3) is 0 Å². The summed E-state index contributed by atoms with van der Waals surface area (Å²) >= 11 is 6.25. The summed E-state index contributed by atoms with van der Waals surface area (Å²) in [5.74, 6) is -0.171. The highest BCUT2D eigenvalue weighted by atomic mass is 35.5. The molecular formula is C25H24ClN3O3. The number of Topliss-reactive ketones (excluding diaryl/α,β-unsaturated/α-hetero) is 1. The number of nitriles is 1. The normalized spacial score (nSPS) is 20.2. The van der Waals surface area contributed by atoms with Crippen LogP contribution in [0.4, 0.5) is 5.69 Å². The largest absolute Gasteiger partial charge is 0.504 e. The van der Waals surface area contributed by atoms with Crippen molar-refractivity contribution in [1.29, 1.82) is 5.26 Å². The molecule has 0 bridgehead atoms. The van der Waals surface area contributed by atoms with Crippen LogP contribution in [0.5, 0.6) is 11.5 Å². The highest BCUT2D eigenvalue weighted by Crippen LogP contribution is 2.50. The van der Waals surface area contributed by atoms with Gasteiger partial charge in [-0.05, 0) is 47.7 Å². The lowest BCUT2D eigenvalue weighted by Gasteiger charge is -2.43. The number of phenolic OH excluding ortho intramolecular Hbond substituents is 1. The molecule has 2 aromatic carbocycles. The number of hydrogen-bond donors (Lipinski definition) is 2. The molecule has 0 fully saturated rings. The van der Waals surface area contributed by atoms with Crippen LogP contribution in [-0.2, 0) is 4.79 Å². The van der Waals surface area contributed by atoms with Crippen molar-refractivity contribution >= 4 is 23.1 Å². The van der Waals surface area contributed by atoms with Crippen molar-refractivity contribution < 1.29 is 14.6 Å². The molecule has 6 nitrogen and oxygen atoms in total. The molecule has 2 aromatic rings. The fraction of sp³-hybridized carbons (Fsp3) is 0.280. The van der Waals surface area contributed by atoms with Crippen molar-refractivity contribution in [3.63, 3.8) is 0 Å². The summed E-state index contributed by atoms with van der Waals surface area (Å²) in [5.41, 5.74) is 9.26. The van der Waals surface area contributed by atoms with Gasteiger partial charge < -0.3 is 15.6 Å². The molecule has 0 spiro atoms. The van der Waals surface area contributed by atoms with E-state index in [4.69, 9.17) is 22.1 Å². The Bertz CT molecular complexity index is 1220. The van der Waals surface area contributed by atoms with Gasteiger partial charge in [-0.2, -0.15) is 5.26 Å². The third-order valence-electron chi connectivity index (χ3n) is 5.98. The Morgan fingerprint density at radius 2 is 2.00 bits per heavy atom. The molecule has 7 heteroatoms. The molecule has 0 radical (unpaired) electrons. The quantitative estimate of drug-likeness (QED) is 0.684. The van der Waals surface area contributed by atoms with E-state index in [2.05, 4.69) is 6.07 Å². The van der Waals surface area contributed by atoms with Gasteiger partial charge in [0, 0.05) is 28.4 Å². The van der Waals surface area contributed by atoms with Gasteiger partial charge in [-0.1, -0.05) is 37.6 Å². The third kappa shape index (κ3) is 3.59. The van der Waals surface area contributed by atoms with E-state index in [1.54, 1.807) is 29.2 Å². The first-order valence-electron chi connectivity index (χ1n) is 10.3. The van der Waals surface area contributed by atoms with E-state index < -0.39 is 5.92 Å². The van der Waals surface area contributed by atoms with E-state index in [-0.39, 0.29) is 34.1 Å². The summed E-state index contributed by atoms with van der Waals surface area (Å²) in [4.78, 5) is 15.3. The summed E-state index contributed by atoms with van der Waals surface area (Å²) < 4.78 is 5.27. The highest BCUT2D eigenvalue weighted by molar-refractivity contribution is 6.30. The van der Waals surface area contributed by atoms with Crippen LogP contribution in [0.1, 0.15) is 38.2 Å². The van der Waals surface area contributed by atoms with Gasteiger partial charge in [0.15, 0.2) is 17.3 Å². The molecule has 1 atom stereocenters. The van der Waals surface area contributed by atoms with E-state index >= 15 is 0 Å². The number of nitrogens with zero attached hydrogens (tertiary/aromatic N) is 2. The summed E-state index contributed by atoms with van der Waals surface area (Å²) in [6, 6.07) is 14.3. The van der Waals surface area contributed by atoms with Crippen LogP contribution in [0.3, 0.4) is 0 Å². The molecule has 32 heavy (non-hydrogen) atoms. The summed E-state index contributed by atoms with van der Waals surface area (Å²) in [5, 5.41) is 20.7. The van der Waals surface area contributed by atoms with Gasteiger partial charge in [0.05, 0.1) is 24.7 Å². The fourth-order valence-corrected chi connectivity index (χ4v) is 4.81. The second-order valence-electron chi connectivity index (χ2n) is 8.89. The Morgan fingerprint density at radius 1 is 1.25 bits per heavy atom. The summed E-state index contributed by atoms with van der Waals surface area (Å²) in [7, 11) is 1.45. The Labute approximate surface area is 192 Å².